The number of nitrogens with zero attached hydrogens (tertiary/aromatic N) is 1. The Kier molecular flexibility index (Phi) is 9.35. The molecule has 6 rings (SSSR count). The fourth-order valence-electron chi connectivity index (χ4n) is 5.13. The molecule has 3 amide bonds. The number of benzene rings is 4. The quantitative estimate of drug-likeness (QED) is 0.122. The number of carbonyl (C=O) groups is 5. The SMILES string of the molecule is CC(Sc1ccc(NC(=O)/C(=C/c2cccnc2)NC(=O)c2ccccc2)cc1)C(=O)Nc1cccc2c1C(=O)c1ccccc1C2=O. The molecule has 1 heterocycles. The van der Waals surface area contributed by atoms with Gasteiger partial charge in [-0.2, -0.15) is 0 Å². The lowest BCUT2D eigenvalue weighted by molar-refractivity contribution is -0.115. The minimum atomic E-state index is -0.565. The summed E-state index contributed by atoms with van der Waals surface area (Å²) in [6, 6.07) is 30.5. The Hall–Kier alpha value is -6.13. The Morgan fingerprint density at radius 3 is 2.12 bits per heavy atom. The molecule has 1 aromatic heterocycles. The first-order valence-electron chi connectivity index (χ1n) is 15.0. The fraction of sp³-hybridized carbons (Fsp3) is 0.0526. The van der Waals surface area contributed by atoms with Crippen LogP contribution in [0.1, 0.15) is 54.7 Å². The van der Waals surface area contributed by atoms with Crippen molar-refractivity contribution < 1.29 is 24.0 Å². The lowest BCUT2D eigenvalue weighted by Crippen LogP contribution is -2.30. The third-order valence-corrected chi connectivity index (χ3v) is 8.64. The van der Waals surface area contributed by atoms with Gasteiger partial charge in [0.15, 0.2) is 11.6 Å². The number of nitrogens with one attached hydrogen (secondary N) is 3. The lowest BCUT2D eigenvalue weighted by atomic mass is 9.83. The van der Waals surface area contributed by atoms with Crippen LogP contribution < -0.4 is 16.0 Å². The zero-order chi connectivity index (χ0) is 33.6. The molecule has 0 saturated heterocycles. The molecule has 1 unspecified atom stereocenters. The molecule has 48 heavy (non-hydrogen) atoms. The molecule has 10 heteroatoms. The van der Waals surface area contributed by atoms with Gasteiger partial charge in [0.05, 0.1) is 16.5 Å². The van der Waals surface area contributed by atoms with Crippen molar-refractivity contribution in [2.24, 2.45) is 0 Å². The maximum absolute atomic E-state index is 13.3. The summed E-state index contributed by atoms with van der Waals surface area (Å²) in [4.78, 5) is 70.6. The predicted octanol–water partition coefficient (Wildman–Crippen LogP) is 6.39. The number of hydrogen-bond acceptors (Lipinski definition) is 7. The summed E-state index contributed by atoms with van der Waals surface area (Å²) in [6.07, 6.45) is 4.73. The third kappa shape index (κ3) is 6.98. The number of rotatable bonds is 9. The number of fused-ring (bicyclic) bond motifs is 2. The monoisotopic (exact) mass is 652 g/mol. The van der Waals surface area contributed by atoms with Crippen molar-refractivity contribution in [1.82, 2.24) is 10.3 Å². The maximum atomic E-state index is 13.3. The molecule has 1 atom stereocenters. The van der Waals surface area contributed by atoms with Crippen LogP contribution in [0.15, 0.2) is 132 Å². The average Bonchev–Trinajstić information content (AvgIpc) is 3.11. The molecule has 236 valence electrons. The molecule has 9 nitrogen and oxygen atoms in total. The van der Waals surface area contributed by atoms with E-state index >= 15 is 0 Å². The summed E-state index contributed by atoms with van der Waals surface area (Å²) in [5, 5.41) is 7.77. The molecule has 3 N–H and O–H groups in total. The zero-order valence-electron chi connectivity index (χ0n) is 25.6. The second-order valence-corrected chi connectivity index (χ2v) is 12.2. The smallest absolute Gasteiger partial charge is 0.272 e. The Morgan fingerprint density at radius 2 is 1.42 bits per heavy atom. The first-order valence-corrected chi connectivity index (χ1v) is 15.8. The van der Waals surface area contributed by atoms with Gasteiger partial charge in [0.25, 0.3) is 11.8 Å². The van der Waals surface area contributed by atoms with Crippen LogP contribution >= 0.6 is 11.8 Å². The number of carbonyl (C=O) groups excluding carboxylic acids is 5. The van der Waals surface area contributed by atoms with Gasteiger partial charge in [0.1, 0.15) is 5.70 Å². The van der Waals surface area contributed by atoms with Gasteiger partial charge in [-0.3, -0.25) is 29.0 Å². The number of hydrogen-bond donors (Lipinski definition) is 3. The number of pyridine rings is 1. The topological polar surface area (TPSA) is 134 Å². The van der Waals surface area contributed by atoms with Gasteiger partial charge in [-0.15, -0.1) is 11.8 Å². The maximum Gasteiger partial charge on any atom is 0.272 e. The van der Waals surface area contributed by atoms with E-state index in [4.69, 9.17) is 0 Å². The molecule has 0 spiro atoms. The Balaban J connectivity index is 1.12. The molecule has 5 aromatic rings. The normalized spacial score (nSPS) is 12.7. The first kappa shape index (κ1) is 31.8. The van der Waals surface area contributed by atoms with Crippen LogP contribution in [0.2, 0.25) is 0 Å². The highest BCUT2D eigenvalue weighted by molar-refractivity contribution is 8.00. The van der Waals surface area contributed by atoms with Crippen molar-refractivity contribution in [3.63, 3.8) is 0 Å². The molecule has 0 saturated carbocycles. The zero-order valence-corrected chi connectivity index (χ0v) is 26.4. The Morgan fingerprint density at radius 1 is 0.729 bits per heavy atom. The number of thioether (sulfide) groups is 1. The van der Waals surface area contributed by atoms with E-state index in [9.17, 15) is 24.0 Å². The summed E-state index contributed by atoms with van der Waals surface area (Å²) < 4.78 is 0. The van der Waals surface area contributed by atoms with E-state index in [1.165, 1.54) is 11.8 Å². The van der Waals surface area contributed by atoms with Crippen molar-refractivity contribution >= 4 is 58.5 Å². The van der Waals surface area contributed by atoms with Crippen LogP contribution in [0.5, 0.6) is 0 Å². The van der Waals surface area contributed by atoms with Crippen molar-refractivity contribution in [3.05, 3.63) is 161 Å². The second kappa shape index (κ2) is 14.1. The van der Waals surface area contributed by atoms with Gasteiger partial charge in [-0.25, -0.2) is 0 Å². The van der Waals surface area contributed by atoms with Gasteiger partial charge in [-0.1, -0.05) is 60.7 Å². The molecule has 0 radical (unpaired) electrons. The van der Waals surface area contributed by atoms with Crippen molar-refractivity contribution in [2.45, 2.75) is 17.1 Å². The summed E-state index contributed by atoms with van der Waals surface area (Å²) in [6.45, 7) is 1.73. The van der Waals surface area contributed by atoms with Crippen molar-refractivity contribution in [1.29, 1.82) is 0 Å². The van der Waals surface area contributed by atoms with E-state index < -0.39 is 17.1 Å². The predicted molar refractivity (Wildman–Crippen MR) is 185 cm³/mol. The minimum absolute atomic E-state index is 0.0346. The first-order chi connectivity index (χ1) is 23.3. The summed E-state index contributed by atoms with van der Waals surface area (Å²) in [5.41, 5.74) is 2.93. The number of amides is 3. The molecular weight excluding hydrogens is 625 g/mol. The number of anilines is 2. The van der Waals surface area contributed by atoms with Crippen LogP contribution in [-0.4, -0.2) is 39.5 Å². The van der Waals surface area contributed by atoms with Crippen LogP contribution in [0.4, 0.5) is 11.4 Å². The van der Waals surface area contributed by atoms with E-state index in [1.54, 1.807) is 135 Å². The Bertz CT molecular complexity index is 2080. The van der Waals surface area contributed by atoms with Gasteiger partial charge >= 0.3 is 0 Å². The molecule has 0 bridgehead atoms. The van der Waals surface area contributed by atoms with Gasteiger partial charge in [0, 0.05) is 45.2 Å². The average molecular weight is 653 g/mol. The lowest BCUT2D eigenvalue weighted by Gasteiger charge is -2.21. The van der Waals surface area contributed by atoms with E-state index in [1.807, 2.05) is 0 Å². The highest BCUT2D eigenvalue weighted by atomic mass is 32.2. The van der Waals surface area contributed by atoms with Crippen molar-refractivity contribution in [2.75, 3.05) is 10.6 Å². The van der Waals surface area contributed by atoms with Gasteiger partial charge < -0.3 is 16.0 Å². The molecule has 0 aliphatic heterocycles. The van der Waals surface area contributed by atoms with E-state index in [2.05, 4.69) is 20.9 Å². The summed E-state index contributed by atoms with van der Waals surface area (Å²) >= 11 is 1.29. The number of ketones is 2. The van der Waals surface area contributed by atoms with Crippen molar-refractivity contribution in [3.8, 4) is 0 Å². The van der Waals surface area contributed by atoms with Crippen LogP contribution in [0.3, 0.4) is 0 Å². The largest absolute Gasteiger partial charge is 0.324 e. The molecule has 1 aliphatic carbocycles. The van der Waals surface area contributed by atoms with Gasteiger partial charge in [0.2, 0.25) is 5.91 Å². The van der Waals surface area contributed by atoms with E-state index in [0.717, 1.165) is 4.90 Å². The standard InChI is InChI=1S/C38H28N4O5S/c1-23(36(45)41-31-15-7-14-30-33(31)35(44)29-13-6-5-12-28(29)34(30)43)48-27-18-16-26(17-19-27)40-38(47)32(21-24-9-8-20-39-22-24)42-37(46)25-10-3-2-4-11-25/h2-23H,1H3,(H,40,47)(H,41,45)(H,42,46)/b32-21-. The fourth-order valence-corrected chi connectivity index (χ4v) is 5.99. The van der Waals surface area contributed by atoms with Gasteiger partial charge in [-0.05, 0) is 67.1 Å². The highest BCUT2D eigenvalue weighted by Gasteiger charge is 2.32. The third-order valence-electron chi connectivity index (χ3n) is 7.53. The van der Waals surface area contributed by atoms with E-state index in [0.29, 0.717) is 27.9 Å². The second-order valence-electron chi connectivity index (χ2n) is 10.8. The molecular formula is C38H28N4O5S. The van der Waals surface area contributed by atoms with E-state index in [-0.39, 0.29) is 40.0 Å². The molecule has 0 fully saturated rings. The van der Waals surface area contributed by atoms with Crippen LogP contribution in [-0.2, 0) is 9.59 Å². The molecule has 4 aromatic carbocycles. The van der Waals surface area contributed by atoms with Crippen LogP contribution in [0.25, 0.3) is 6.08 Å². The summed E-state index contributed by atoms with van der Waals surface area (Å²) in [5.74, 6) is -1.88. The Labute approximate surface area is 280 Å². The molecule has 1 aliphatic rings. The summed E-state index contributed by atoms with van der Waals surface area (Å²) in [7, 11) is 0. The minimum Gasteiger partial charge on any atom is -0.324 e. The number of aromatic nitrogens is 1. The van der Waals surface area contributed by atoms with Crippen LogP contribution in [0, 0.1) is 0 Å². The highest BCUT2D eigenvalue weighted by Crippen LogP contribution is 2.33.